The van der Waals surface area contributed by atoms with Crippen molar-refractivity contribution in [3.05, 3.63) is 47.0 Å². The topological polar surface area (TPSA) is 39.1 Å². The van der Waals surface area contributed by atoms with Crippen LogP contribution in [0.2, 0.25) is 10.0 Å². The maximum atomic E-state index is 6.03. The van der Waals surface area contributed by atoms with Crippen LogP contribution in [0.3, 0.4) is 0 Å². The normalized spacial score (nSPS) is 12.3. The van der Waals surface area contributed by atoms with E-state index in [2.05, 4.69) is 17.2 Å². The van der Waals surface area contributed by atoms with Crippen LogP contribution in [-0.4, -0.2) is 28.8 Å². The van der Waals surface area contributed by atoms with Crippen molar-refractivity contribution in [1.82, 2.24) is 9.55 Å². The smallest absolute Gasteiger partial charge is 0.0946 e. The molecule has 0 saturated heterocycles. The summed E-state index contributed by atoms with van der Waals surface area (Å²) in [5, 5.41) is 4.45. The van der Waals surface area contributed by atoms with Crippen LogP contribution < -0.4 is 5.32 Å². The van der Waals surface area contributed by atoms with Crippen LogP contribution in [0.25, 0.3) is 0 Å². The van der Waals surface area contributed by atoms with Gasteiger partial charge in [-0.2, -0.15) is 0 Å². The van der Waals surface area contributed by atoms with E-state index in [9.17, 15) is 0 Å². The van der Waals surface area contributed by atoms with Gasteiger partial charge in [-0.25, -0.2) is 4.98 Å². The Kier molecular flexibility index (Phi) is 7.03. The zero-order valence-electron chi connectivity index (χ0n) is 12.6. The second-order valence-corrected chi connectivity index (χ2v) is 5.93. The number of hydrogen-bond acceptors (Lipinski definition) is 3. The zero-order valence-corrected chi connectivity index (χ0v) is 14.1. The molecule has 1 unspecified atom stereocenters. The lowest BCUT2D eigenvalue weighted by atomic mass is 10.3. The molecule has 0 aliphatic heterocycles. The van der Waals surface area contributed by atoms with E-state index in [1.165, 1.54) is 0 Å². The molecule has 1 atom stereocenters. The molecule has 0 amide bonds. The molecule has 0 saturated carbocycles. The molecule has 2 rings (SSSR count). The van der Waals surface area contributed by atoms with Gasteiger partial charge in [0.25, 0.3) is 0 Å². The Balaban J connectivity index is 1.91. The summed E-state index contributed by atoms with van der Waals surface area (Å²) in [6.07, 6.45) is 7.76. The summed E-state index contributed by atoms with van der Waals surface area (Å²) in [5.41, 5.74) is 0.934. The van der Waals surface area contributed by atoms with Gasteiger partial charge in [-0.1, -0.05) is 36.5 Å². The van der Waals surface area contributed by atoms with Gasteiger partial charge < -0.3 is 14.6 Å². The van der Waals surface area contributed by atoms with E-state index in [1.807, 2.05) is 22.9 Å². The molecule has 0 bridgehead atoms. The van der Waals surface area contributed by atoms with Crippen molar-refractivity contribution >= 4 is 28.9 Å². The number of nitrogens with zero attached hydrogens (tertiary/aromatic N) is 2. The number of rotatable bonds is 9. The second kappa shape index (κ2) is 9.03. The van der Waals surface area contributed by atoms with E-state index < -0.39 is 0 Å². The van der Waals surface area contributed by atoms with Gasteiger partial charge in [-0.05, 0) is 24.6 Å². The summed E-state index contributed by atoms with van der Waals surface area (Å²) in [5.74, 6) is 0. The van der Waals surface area contributed by atoms with Crippen LogP contribution in [0.5, 0.6) is 0 Å². The first kappa shape index (κ1) is 17.1. The van der Waals surface area contributed by atoms with E-state index in [4.69, 9.17) is 27.9 Å². The van der Waals surface area contributed by atoms with Crippen LogP contribution in [0.15, 0.2) is 36.9 Å². The molecule has 120 valence electrons. The van der Waals surface area contributed by atoms with Crippen LogP contribution in [0.4, 0.5) is 5.69 Å². The lowest BCUT2D eigenvalue weighted by Crippen LogP contribution is -2.28. The predicted octanol–water partition coefficient (Wildman–Crippen LogP) is 4.49. The average molecular weight is 342 g/mol. The van der Waals surface area contributed by atoms with E-state index in [0.717, 1.165) is 31.7 Å². The highest BCUT2D eigenvalue weighted by molar-refractivity contribution is 6.42. The number of imidazole rings is 1. The fraction of sp³-hybridized carbons (Fsp3) is 0.438. The van der Waals surface area contributed by atoms with E-state index in [1.54, 1.807) is 18.6 Å². The standard InChI is InChI=1S/C16H21Cl2N3O/c1-2-3-8-22-14(11-21-7-6-19-12-21)10-20-13-4-5-15(17)16(18)9-13/h4-7,9,12,14,20H,2-3,8,10-11H2,1H3. The molecular weight excluding hydrogens is 321 g/mol. The number of benzene rings is 1. The predicted molar refractivity (Wildman–Crippen MR) is 91.8 cm³/mol. The van der Waals surface area contributed by atoms with Crippen molar-refractivity contribution in [3.8, 4) is 0 Å². The van der Waals surface area contributed by atoms with Crippen molar-refractivity contribution in [2.75, 3.05) is 18.5 Å². The molecule has 1 aromatic carbocycles. The van der Waals surface area contributed by atoms with Gasteiger partial charge in [-0.3, -0.25) is 0 Å². The number of aromatic nitrogens is 2. The molecular formula is C16H21Cl2N3O. The summed E-state index contributed by atoms with van der Waals surface area (Å²) >= 11 is 12.0. The Morgan fingerprint density at radius 2 is 2.18 bits per heavy atom. The van der Waals surface area contributed by atoms with Gasteiger partial charge in [-0.15, -0.1) is 0 Å². The molecule has 2 aromatic rings. The Bertz CT molecular complexity index is 561. The minimum absolute atomic E-state index is 0.0650. The molecule has 0 fully saturated rings. The lowest BCUT2D eigenvalue weighted by molar-refractivity contribution is 0.0484. The van der Waals surface area contributed by atoms with Gasteiger partial charge in [0.1, 0.15) is 0 Å². The molecule has 1 heterocycles. The highest BCUT2D eigenvalue weighted by Gasteiger charge is 2.10. The van der Waals surface area contributed by atoms with Crippen molar-refractivity contribution in [3.63, 3.8) is 0 Å². The van der Waals surface area contributed by atoms with Crippen molar-refractivity contribution in [2.45, 2.75) is 32.4 Å². The maximum absolute atomic E-state index is 6.03. The van der Waals surface area contributed by atoms with Gasteiger partial charge in [0.2, 0.25) is 0 Å². The second-order valence-electron chi connectivity index (χ2n) is 5.12. The third kappa shape index (κ3) is 5.52. The molecule has 4 nitrogen and oxygen atoms in total. The number of halogens is 2. The SMILES string of the molecule is CCCCOC(CNc1ccc(Cl)c(Cl)c1)Cn1ccnc1. The zero-order chi connectivity index (χ0) is 15.8. The van der Waals surface area contributed by atoms with Gasteiger partial charge in [0, 0.05) is 31.2 Å². The fourth-order valence-electron chi connectivity index (χ4n) is 2.04. The fourth-order valence-corrected chi connectivity index (χ4v) is 2.34. The molecule has 0 aliphatic rings. The number of unbranched alkanes of at least 4 members (excludes halogenated alkanes) is 1. The first-order valence-electron chi connectivity index (χ1n) is 7.45. The molecule has 6 heteroatoms. The number of ether oxygens (including phenoxy) is 1. The summed E-state index contributed by atoms with van der Waals surface area (Å²) in [6.45, 7) is 4.37. The number of hydrogen-bond donors (Lipinski definition) is 1. The molecule has 0 aliphatic carbocycles. The highest BCUT2D eigenvalue weighted by Crippen LogP contribution is 2.25. The molecule has 0 spiro atoms. The van der Waals surface area contributed by atoms with Gasteiger partial charge in [0.05, 0.1) is 29.0 Å². The van der Waals surface area contributed by atoms with Gasteiger partial charge in [0.15, 0.2) is 0 Å². The monoisotopic (exact) mass is 341 g/mol. The first-order chi connectivity index (χ1) is 10.7. The van der Waals surface area contributed by atoms with E-state index in [-0.39, 0.29) is 6.10 Å². The number of anilines is 1. The quantitative estimate of drug-likeness (QED) is 0.683. The first-order valence-corrected chi connectivity index (χ1v) is 8.21. The van der Waals surface area contributed by atoms with Crippen molar-refractivity contribution in [1.29, 1.82) is 0 Å². The third-order valence-corrected chi connectivity index (χ3v) is 4.02. The molecule has 0 radical (unpaired) electrons. The van der Waals surface area contributed by atoms with E-state index in [0.29, 0.717) is 16.6 Å². The van der Waals surface area contributed by atoms with Crippen molar-refractivity contribution in [2.24, 2.45) is 0 Å². The summed E-state index contributed by atoms with van der Waals surface area (Å²) in [7, 11) is 0. The maximum Gasteiger partial charge on any atom is 0.0946 e. The molecule has 1 aromatic heterocycles. The lowest BCUT2D eigenvalue weighted by Gasteiger charge is -2.20. The summed E-state index contributed by atoms with van der Waals surface area (Å²) in [4.78, 5) is 4.07. The minimum atomic E-state index is 0.0650. The third-order valence-electron chi connectivity index (χ3n) is 3.28. The Morgan fingerprint density at radius 1 is 1.32 bits per heavy atom. The highest BCUT2D eigenvalue weighted by atomic mass is 35.5. The summed E-state index contributed by atoms with van der Waals surface area (Å²) in [6, 6.07) is 5.52. The van der Waals surface area contributed by atoms with Crippen LogP contribution in [0, 0.1) is 0 Å². The van der Waals surface area contributed by atoms with Crippen LogP contribution >= 0.6 is 23.2 Å². The van der Waals surface area contributed by atoms with Crippen LogP contribution in [0.1, 0.15) is 19.8 Å². The minimum Gasteiger partial charge on any atom is -0.382 e. The molecule has 1 N–H and O–H groups in total. The Labute approximate surface area is 141 Å². The van der Waals surface area contributed by atoms with Crippen molar-refractivity contribution < 1.29 is 4.74 Å². The Morgan fingerprint density at radius 3 is 2.86 bits per heavy atom. The van der Waals surface area contributed by atoms with E-state index >= 15 is 0 Å². The average Bonchev–Trinajstić information content (AvgIpc) is 3.01. The Hall–Kier alpha value is -1.23. The van der Waals surface area contributed by atoms with Crippen LogP contribution in [-0.2, 0) is 11.3 Å². The largest absolute Gasteiger partial charge is 0.382 e. The number of nitrogens with one attached hydrogen (secondary N) is 1. The molecule has 22 heavy (non-hydrogen) atoms. The summed E-state index contributed by atoms with van der Waals surface area (Å²) < 4.78 is 7.98. The van der Waals surface area contributed by atoms with Gasteiger partial charge >= 0.3 is 0 Å².